The second kappa shape index (κ2) is 10.4. The Hall–Kier alpha value is -2.87. The molecule has 3 atom stereocenters. The second-order valence-electron chi connectivity index (χ2n) is 9.08. The first-order valence-electron chi connectivity index (χ1n) is 11.2. The number of esters is 1. The molecule has 2 aromatic carbocycles. The fourth-order valence-electron chi connectivity index (χ4n) is 3.95. The lowest BCUT2D eigenvalue weighted by atomic mass is 9.94. The molecule has 0 saturated carbocycles. The van der Waals surface area contributed by atoms with Gasteiger partial charge in [0, 0.05) is 12.6 Å². The molecular weight excluding hydrogens is 440 g/mol. The van der Waals surface area contributed by atoms with Crippen LogP contribution in [-0.4, -0.2) is 39.5 Å². The summed E-state index contributed by atoms with van der Waals surface area (Å²) in [4.78, 5) is 24.9. The summed E-state index contributed by atoms with van der Waals surface area (Å²) >= 11 is 0. The number of anilines is 1. The highest BCUT2D eigenvalue weighted by atomic mass is 32.2. The van der Waals surface area contributed by atoms with Gasteiger partial charge in [-0.3, -0.25) is 13.9 Å². The van der Waals surface area contributed by atoms with E-state index >= 15 is 0 Å². The number of rotatable bonds is 9. The lowest BCUT2D eigenvalue weighted by Gasteiger charge is -2.26. The largest absolute Gasteiger partial charge is 0.460 e. The van der Waals surface area contributed by atoms with E-state index in [9.17, 15) is 18.0 Å². The molecular formula is C25H32N2O5S. The maximum absolute atomic E-state index is 13.1. The molecule has 178 valence electrons. The molecule has 0 radical (unpaired) electrons. The first kappa shape index (κ1) is 24.8. The number of nitrogens with zero attached hydrogens (tertiary/aromatic N) is 1. The monoisotopic (exact) mass is 472 g/mol. The predicted molar refractivity (Wildman–Crippen MR) is 128 cm³/mol. The zero-order valence-electron chi connectivity index (χ0n) is 19.5. The highest BCUT2D eigenvalue weighted by Crippen LogP contribution is 2.26. The van der Waals surface area contributed by atoms with Gasteiger partial charge in [-0.1, -0.05) is 57.2 Å². The number of carbonyl (C=O) groups excluding carboxylic acids is 2. The Labute approximate surface area is 196 Å². The van der Waals surface area contributed by atoms with Crippen molar-refractivity contribution < 1.29 is 22.7 Å². The molecule has 1 aliphatic heterocycles. The molecule has 1 fully saturated rings. The number of carbonyl (C=O) groups is 2. The smallest absolute Gasteiger partial charge is 0.309 e. The first-order valence-corrected chi connectivity index (χ1v) is 12.8. The van der Waals surface area contributed by atoms with Gasteiger partial charge in [-0.15, -0.1) is 0 Å². The molecule has 33 heavy (non-hydrogen) atoms. The summed E-state index contributed by atoms with van der Waals surface area (Å²) in [5, 5.41) is 3.01. The Morgan fingerprint density at radius 3 is 2.45 bits per heavy atom. The first-order chi connectivity index (χ1) is 15.6. The molecule has 1 N–H and O–H groups in total. The van der Waals surface area contributed by atoms with Crippen LogP contribution in [0.15, 0.2) is 54.6 Å². The van der Waals surface area contributed by atoms with Crippen LogP contribution < -0.4 is 9.62 Å². The minimum Gasteiger partial charge on any atom is -0.460 e. The van der Waals surface area contributed by atoms with E-state index in [1.807, 2.05) is 26.8 Å². The molecule has 3 rings (SSSR count). The Morgan fingerprint density at radius 2 is 1.85 bits per heavy atom. The van der Waals surface area contributed by atoms with Gasteiger partial charge in [-0.25, -0.2) is 8.42 Å². The number of ether oxygens (including phenoxy) is 1. The van der Waals surface area contributed by atoms with Gasteiger partial charge >= 0.3 is 5.97 Å². The number of hydrogen-bond acceptors (Lipinski definition) is 5. The van der Waals surface area contributed by atoms with E-state index in [1.54, 1.807) is 48.5 Å². The summed E-state index contributed by atoms with van der Waals surface area (Å²) in [6, 6.07) is 15.2. The molecule has 7 nitrogen and oxygen atoms in total. The number of nitrogens with one attached hydrogen (secondary N) is 1. The highest BCUT2D eigenvalue weighted by Gasteiger charge is 2.37. The van der Waals surface area contributed by atoms with Crippen LogP contribution in [0.5, 0.6) is 0 Å². The van der Waals surface area contributed by atoms with Crippen LogP contribution in [0, 0.1) is 11.8 Å². The average molecular weight is 473 g/mol. The molecule has 0 bridgehead atoms. The molecule has 1 heterocycles. The molecule has 0 unspecified atom stereocenters. The molecule has 8 heteroatoms. The van der Waals surface area contributed by atoms with Crippen LogP contribution in [0.25, 0.3) is 0 Å². The lowest BCUT2D eigenvalue weighted by molar-refractivity contribution is -0.144. The summed E-state index contributed by atoms with van der Waals surface area (Å²) in [6.07, 6.45) is 0.870. The van der Waals surface area contributed by atoms with E-state index in [0.29, 0.717) is 35.6 Å². The maximum Gasteiger partial charge on any atom is 0.309 e. The number of amides is 1. The molecule has 0 aliphatic carbocycles. The summed E-state index contributed by atoms with van der Waals surface area (Å²) in [5.41, 5.74) is 1.44. The van der Waals surface area contributed by atoms with Gasteiger partial charge in [0.05, 0.1) is 23.4 Å². The summed E-state index contributed by atoms with van der Waals surface area (Å²) in [6.45, 7) is 5.92. The minimum atomic E-state index is -3.63. The third-order valence-electron chi connectivity index (χ3n) is 5.83. The van der Waals surface area contributed by atoms with Gasteiger partial charge < -0.3 is 10.1 Å². The Balaban J connectivity index is 1.75. The molecule has 0 aromatic heterocycles. The van der Waals surface area contributed by atoms with Gasteiger partial charge in [0.2, 0.25) is 10.0 Å². The zero-order valence-corrected chi connectivity index (χ0v) is 20.3. The number of sulfonamides is 1. The standard InChI is InChI=1S/C25H32N2O5S/c1-17(2)13-22(23-14-18(3)25(29)32-23)26-24(28)20-11-8-12-21(15-20)27(4)33(30,31)16-19-9-6-5-7-10-19/h5-12,15,17-18,22-23H,13-14,16H2,1-4H3,(H,26,28)/t18-,22+,23-/m1/s1. The van der Waals surface area contributed by atoms with Crippen molar-refractivity contribution in [2.75, 3.05) is 11.4 Å². The second-order valence-corrected chi connectivity index (χ2v) is 11.1. The molecule has 1 saturated heterocycles. The van der Waals surface area contributed by atoms with Crippen molar-refractivity contribution in [3.8, 4) is 0 Å². The van der Waals surface area contributed by atoms with E-state index in [2.05, 4.69) is 5.32 Å². The summed E-state index contributed by atoms with van der Waals surface area (Å²) in [7, 11) is -2.15. The molecule has 2 aromatic rings. The molecule has 0 spiro atoms. The van der Waals surface area contributed by atoms with Gasteiger partial charge in [0.1, 0.15) is 6.10 Å². The number of hydrogen-bond donors (Lipinski definition) is 1. The Kier molecular flexibility index (Phi) is 7.79. The Bertz CT molecular complexity index is 1080. The third-order valence-corrected chi connectivity index (χ3v) is 7.57. The molecule has 1 amide bonds. The fourth-order valence-corrected chi connectivity index (χ4v) is 5.20. The molecule has 1 aliphatic rings. The van der Waals surface area contributed by atoms with Crippen molar-refractivity contribution in [2.24, 2.45) is 11.8 Å². The van der Waals surface area contributed by atoms with E-state index < -0.39 is 10.0 Å². The van der Waals surface area contributed by atoms with Gasteiger partial charge in [0.25, 0.3) is 5.91 Å². The highest BCUT2D eigenvalue weighted by molar-refractivity contribution is 7.92. The predicted octanol–water partition coefficient (Wildman–Crippen LogP) is 3.75. The van der Waals surface area contributed by atoms with Crippen LogP contribution in [0.1, 0.15) is 49.5 Å². The van der Waals surface area contributed by atoms with E-state index in [-0.39, 0.29) is 35.7 Å². The van der Waals surface area contributed by atoms with Gasteiger partial charge in [0.15, 0.2) is 0 Å². The van der Waals surface area contributed by atoms with Gasteiger partial charge in [-0.2, -0.15) is 0 Å². The van der Waals surface area contributed by atoms with Crippen LogP contribution in [-0.2, 0) is 25.3 Å². The quantitative estimate of drug-likeness (QED) is 0.561. The van der Waals surface area contributed by atoms with Crippen molar-refractivity contribution in [3.63, 3.8) is 0 Å². The van der Waals surface area contributed by atoms with Crippen molar-refractivity contribution in [1.82, 2.24) is 5.32 Å². The van der Waals surface area contributed by atoms with Gasteiger partial charge in [-0.05, 0) is 42.5 Å². The zero-order chi connectivity index (χ0) is 24.2. The van der Waals surface area contributed by atoms with Crippen LogP contribution in [0.3, 0.4) is 0 Å². The minimum absolute atomic E-state index is 0.136. The van der Waals surface area contributed by atoms with Crippen molar-refractivity contribution in [1.29, 1.82) is 0 Å². The van der Waals surface area contributed by atoms with E-state index in [0.717, 1.165) is 0 Å². The fraction of sp³-hybridized carbons (Fsp3) is 0.440. The average Bonchev–Trinajstić information content (AvgIpc) is 3.11. The van der Waals surface area contributed by atoms with Crippen LogP contribution in [0.4, 0.5) is 5.69 Å². The van der Waals surface area contributed by atoms with Crippen LogP contribution in [0.2, 0.25) is 0 Å². The summed E-state index contributed by atoms with van der Waals surface area (Å²) < 4.78 is 32.5. The third kappa shape index (κ3) is 6.35. The summed E-state index contributed by atoms with van der Waals surface area (Å²) in [5.74, 6) is -0.594. The number of benzene rings is 2. The van der Waals surface area contributed by atoms with Crippen molar-refractivity contribution in [3.05, 3.63) is 65.7 Å². The van der Waals surface area contributed by atoms with E-state index in [4.69, 9.17) is 4.74 Å². The van der Waals surface area contributed by atoms with Crippen molar-refractivity contribution >= 4 is 27.6 Å². The normalized spacial score (nSPS) is 19.2. The maximum atomic E-state index is 13.1. The lowest BCUT2D eigenvalue weighted by Crippen LogP contribution is -2.44. The number of cyclic esters (lactones) is 1. The van der Waals surface area contributed by atoms with E-state index in [1.165, 1.54) is 11.4 Å². The SMILES string of the molecule is CC(C)C[C@H](NC(=O)c1cccc(N(C)S(=O)(=O)Cc2ccccc2)c1)[C@H]1C[C@@H](C)C(=O)O1. The van der Waals surface area contributed by atoms with Crippen molar-refractivity contribution in [2.45, 2.75) is 51.5 Å². The Morgan fingerprint density at radius 1 is 1.15 bits per heavy atom. The topological polar surface area (TPSA) is 92.8 Å². The van der Waals surface area contributed by atoms with Crippen LogP contribution >= 0.6 is 0 Å².